The number of likely N-dealkylation sites (tertiary alicyclic amines) is 1. The predicted molar refractivity (Wildman–Crippen MR) is 127 cm³/mol. The van der Waals surface area contributed by atoms with Gasteiger partial charge in [-0.1, -0.05) is 49.4 Å². The van der Waals surface area contributed by atoms with Gasteiger partial charge in [0.25, 0.3) is 0 Å². The topological polar surface area (TPSA) is 98.7 Å². The van der Waals surface area contributed by atoms with Crippen LogP contribution in [-0.2, 0) is 14.4 Å². The smallest absolute Gasteiger partial charge is 0.247 e. The van der Waals surface area contributed by atoms with E-state index in [4.69, 9.17) is 0 Å². The summed E-state index contributed by atoms with van der Waals surface area (Å²) >= 11 is 0. The quantitative estimate of drug-likeness (QED) is 0.591. The Hall–Kier alpha value is -3.19. The van der Waals surface area contributed by atoms with Gasteiger partial charge in [-0.3, -0.25) is 14.4 Å². The summed E-state index contributed by atoms with van der Waals surface area (Å²) in [5.41, 5.74) is 0.639. The van der Waals surface area contributed by atoms with Crippen LogP contribution in [0.3, 0.4) is 0 Å². The minimum absolute atomic E-state index is 0.0799. The van der Waals surface area contributed by atoms with Crippen LogP contribution in [0.25, 0.3) is 10.8 Å². The monoisotopic (exact) mass is 449 g/mol. The summed E-state index contributed by atoms with van der Waals surface area (Å²) in [6, 6.07) is 12.2. The van der Waals surface area contributed by atoms with Crippen molar-refractivity contribution in [2.75, 3.05) is 19.0 Å². The third kappa shape index (κ3) is 4.02. The lowest BCUT2D eigenvalue weighted by Gasteiger charge is -2.33. The average Bonchev–Trinajstić information content (AvgIpc) is 3.14. The lowest BCUT2D eigenvalue weighted by molar-refractivity contribution is -0.142. The SMILES string of the molecule is CC[C@@H]1C=C[C@H]2[C@@H](C(=O)N([C@H](C)CO)[C@@H]2C(=O)Nc2ccc3ccccc3c2)[C@@H]1C(=O)NC. The molecule has 1 aliphatic carbocycles. The highest BCUT2D eigenvalue weighted by Crippen LogP contribution is 2.45. The average molecular weight is 450 g/mol. The van der Waals surface area contributed by atoms with Crippen molar-refractivity contribution in [1.29, 1.82) is 0 Å². The van der Waals surface area contributed by atoms with E-state index in [-0.39, 0.29) is 30.2 Å². The van der Waals surface area contributed by atoms with Crippen LogP contribution in [0, 0.1) is 23.7 Å². The van der Waals surface area contributed by atoms with Gasteiger partial charge >= 0.3 is 0 Å². The highest BCUT2D eigenvalue weighted by molar-refractivity contribution is 6.03. The molecule has 2 aromatic rings. The second-order valence-electron chi connectivity index (χ2n) is 8.97. The molecule has 33 heavy (non-hydrogen) atoms. The Balaban J connectivity index is 1.70. The van der Waals surface area contributed by atoms with Crippen LogP contribution in [0.15, 0.2) is 54.6 Å². The Morgan fingerprint density at radius 1 is 1.09 bits per heavy atom. The second-order valence-corrected chi connectivity index (χ2v) is 8.97. The zero-order chi connectivity index (χ0) is 23.7. The maximum atomic E-state index is 13.6. The van der Waals surface area contributed by atoms with Gasteiger partial charge in [-0.05, 0) is 42.2 Å². The molecule has 2 aromatic carbocycles. The number of nitrogens with zero attached hydrogens (tertiary/aromatic N) is 1. The third-order valence-corrected chi connectivity index (χ3v) is 7.09. The van der Waals surface area contributed by atoms with E-state index in [0.29, 0.717) is 12.1 Å². The number of allylic oxidation sites excluding steroid dienone is 1. The van der Waals surface area contributed by atoms with Gasteiger partial charge in [0.2, 0.25) is 17.7 Å². The molecule has 3 amide bonds. The molecular formula is C26H31N3O4. The molecule has 7 heteroatoms. The Labute approximate surface area is 193 Å². The molecule has 1 fully saturated rings. The molecular weight excluding hydrogens is 418 g/mol. The number of hydrogen-bond donors (Lipinski definition) is 3. The van der Waals surface area contributed by atoms with Crippen molar-refractivity contribution < 1.29 is 19.5 Å². The summed E-state index contributed by atoms with van der Waals surface area (Å²) in [5, 5.41) is 17.6. The summed E-state index contributed by atoms with van der Waals surface area (Å²) in [6.07, 6.45) is 4.61. The molecule has 174 valence electrons. The van der Waals surface area contributed by atoms with Crippen LogP contribution in [-0.4, -0.2) is 53.5 Å². The number of aliphatic hydroxyl groups is 1. The first-order valence-corrected chi connectivity index (χ1v) is 11.5. The van der Waals surface area contributed by atoms with Gasteiger partial charge < -0.3 is 20.6 Å². The maximum Gasteiger partial charge on any atom is 0.247 e. The normalized spacial score (nSPS) is 27.3. The number of carbonyl (C=O) groups is 3. The van der Waals surface area contributed by atoms with Crippen LogP contribution in [0.1, 0.15) is 20.3 Å². The molecule has 1 aliphatic heterocycles. The number of rotatable bonds is 6. The number of aliphatic hydroxyl groups excluding tert-OH is 1. The van der Waals surface area contributed by atoms with Gasteiger partial charge in [-0.25, -0.2) is 0 Å². The van der Waals surface area contributed by atoms with Crippen molar-refractivity contribution in [1.82, 2.24) is 10.2 Å². The second kappa shape index (κ2) is 9.35. The molecule has 1 saturated heterocycles. The minimum Gasteiger partial charge on any atom is -0.394 e. The molecule has 0 saturated carbocycles. The van der Waals surface area contributed by atoms with Crippen molar-refractivity contribution in [3.8, 4) is 0 Å². The van der Waals surface area contributed by atoms with Crippen molar-refractivity contribution in [3.05, 3.63) is 54.6 Å². The van der Waals surface area contributed by atoms with Gasteiger partial charge in [0, 0.05) is 18.7 Å². The van der Waals surface area contributed by atoms with Crippen LogP contribution in [0.2, 0.25) is 0 Å². The van der Waals surface area contributed by atoms with Gasteiger partial charge in [0.05, 0.1) is 24.5 Å². The number of hydrogen-bond acceptors (Lipinski definition) is 4. The molecule has 0 aromatic heterocycles. The molecule has 4 rings (SSSR count). The van der Waals surface area contributed by atoms with Crippen molar-refractivity contribution in [2.45, 2.75) is 32.4 Å². The molecule has 0 radical (unpaired) electrons. The standard InChI is InChI=1S/C26H31N3O4/c1-4-16-10-12-20-22(21(16)24(31)27-3)26(33)29(15(2)14-30)23(20)25(32)28-19-11-9-17-7-5-6-8-18(17)13-19/h5-13,15-16,20-23,30H,4,14H2,1-3H3,(H,27,31)(H,28,32)/t15-,16-,20+,21-,22-,23+/m1/s1. The van der Waals surface area contributed by atoms with E-state index in [1.807, 2.05) is 61.5 Å². The Bertz CT molecular complexity index is 1100. The molecule has 7 nitrogen and oxygen atoms in total. The summed E-state index contributed by atoms with van der Waals surface area (Å²) < 4.78 is 0. The molecule has 3 N–H and O–H groups in total. The van der Waals surface area contributed by atoms with E-state index in [2.05, 4.69) is 10.6 Å². The number of carbonyl (C=O) groups excluding carboxylic acids is 3. The number of fused-ring (bicyclic) bond motifs is 2. The zero-order valence-corrected chi connectivity index (χ0v) is 19.2. The van der Waals surface area contributed by atoms with E-state index in [0.717, 1.165) is 10.8 Å². The van der Waals surface area contributed by atoms with Crippen LogP contribution < -0.4 is 10.6 Å². The van der Waals surface area contributed by atoms with Gasteiger partial charge in [0.1, 0.15) is 6.04 Å². The first-order chi connectivity index (χ1) is 15.9. The van der Waals surface area contributed by atoms with E-state index in [9.17, 15) is 19.5 Å². The number of nitrogens with one attached hydrogen (secondary N) is 2. The third-order valence-electron chi connectivity index (χ3n) is 7.09. The first kappa shape index (κ1) is 23.0. The van der Waals surface area contributed by atoms with E-state index >= 15 is 0 Å². The lowest BCUT2D eigenvalue weighted by atomic mass is 9.69. The summed E-state index contributed by atoms with van der Waals surface area (Å²) in [5.74, 6) is -2.48. The number of benzene rings is 2. The van der Waals surface area contributed by atoms with Crippen LogP contribution in [0.4, 0.5) is 5.69 Å². The maximum absolute atomic E-state index is 13.6. The number of amides is 3. The van der Waals surface area contributed by atoms with E-state index < -0.39 is 29.8 Å². The predicted octanol–water partition coefficient (Wildman–Crippen LogP) is 2.56. The fourth-order valence-electron chi connectivity index (χ4n) is 5.41. The van der Waals surface area contributed by atoms with Crippen molar-refractivity contribution in [2.24, 2.45) is 23.7 Å². The molecule has 6 atom stereocenters. The summed E-state index contributed by atoms with van der Waals surface area (Å²) in [4.78, 5) is 41.4. The van der Waals surface area contributed by atoms with Crippen LogP contribution >= 0.6 is 0 Å². The summed E-state index contributed by atoms with van der Waals surface area (Å²) in [7, 11) is 1.57. The van der Waals surface area contributed by atoms with Crippen molar-refractivity contribution in [3.63, 3.8) is 0 Å². The van der Waals surface area contributed by atoms with Gasteiger partial charge in [0.15, 0.2) is 0 Å². The fourth-order valence-corrected chi connectivity index (χ4v) is 5.41. The summed E-state index contributed by atoms with van der Waals surface area (Å²) in [6.45, 7) is 3.45. The van der Waals surface area contributed by atoms with E-state index in [1.165, 1.54) is 4.90 Å². The van der Waals surface area contributed by atoms with Gasteiger partial charge in [-0.15, -0.1) is 0 Å². The number of anilines is 1. The first-order valence-electron chi connectivity index (χ1n) is 11.5. The van der Waals surface area contributed by atoms with Gasteiger partial charge in [-0.2, -0.15) is 0 Å². The fraction of sp³-hybridized carbons (Fsp3) is 0.423. The Morgan fingerprint density at radius 2 is 1.82 bits per heavy atom. The zero-order valence-electron chi connectivity index (χ0n) is 19.2. The molecule has 0 unspecified atom stereocenters. The Morgan fingerprint density at radius 3 is 2.48 bits per heavy atom. The highest BCUT2D eigenvalue weighted by Gasteiger charge is 2.57. The molecule has 2 aliphatic rings. The van der Waals surface area contributed by atoms with Crippen LogP contribution in [0.5, 0.6) is 0 Å². The Kier molecular flexibility index (Phi) is 6.51. The van der Waals surface area contributed by atoms with Crippen molar-refractivity contribution >= 4 is 34.2 Å². The molecule has 1 heterocycles. The highest BCUT2D eigenvalue weighted by atomic mass is 16.3. The molecule has 0 bridgehead atoms. The minimum atomic E-state index is -0.808. The lowest BCUT2D eigenvalue weighted by Crippen LogP contribution is -2.49. The largest absolute Gasteiger partial charge is 0.394 e. The van der Waals surface area contributed by atoms with E-state index in [1.54, 1.807) is 14.0 Å². The molecule has 0 spiro atoms.